The summed E-state index contributed by atoms with van der Waals surface area (Å²) in [5, 5.41) is 1.76. The van der Waals surface area contributed by atoms with E-state index in [1.165, 1.54) is 23.5 Å². The Hall–Kier alpha value is -1.93. The minimum atomic E-state index is -4.30. The molecule has 1 aliphatic heterocycles. The van der Waals surface area contributed by atoms with Crippen LogP contribution < -0.4 is 0 Å². The molecule has 2 heterocycles. The second-order valence-electron chi connectivity index (χ2n) is 7.29. The number of likely N-dealkylation sites (tertiary alicyclic amines) is 1. The molecule has 0 saturated carbocycles. The molecule has 152 valence electrons. The highest BCUT2D eigenvalue weighted by molar-refractivity contribution is 7.07. The van der Waals surface area contributed by atoms with E-state index in [0.29, 0.717) is 30.1 Å². The van der Waals surface area contributed by atoms with E-state index in [0.717, 1.165) is 38.5 Å². The zero-order chi connectivity index (χ0) is 20.1. The molecular weight excluding hydrogens is 387 g/mol. The van der Waals surface area contributed by atoms with Crippen LogP contribution in [0.25, 0.3) is 0 Å². The maximum Gasteiger partial charge on any atom is 0.416 e. The Kier molecular flexibility index (Phi) is 6.72. The SMILES string of the molecule is CN(CC1CCN(CCc2cccc(C(F)(F)F)c2)CC1)C(=O)c1cscn1. The number of piperidine rings is 1. The van der Waals surface area contributed by atoms with Gasteiger partial charge in [0.15, 0.2) is 0 Å². The van der Waals surface area contributed by atoms with Gasteiger partial charge in [-0.15, -0.1) is 11.3 Å². The van der Waals surface area contributed by atoms with Crippen molar-refractivity contribution in [3.8, 4) is 0 Å². The predicted molar refractivity (Wildman–Crippen MR) is 103 cm³/mol. The second kappa shape index (κ2) is 9.05. The van der Waals surface area contributed by atoms with Crippen LogP contribution in [0.1, 0.15) is 34.5 Å². The standard InChI is InChI=1S/C20H24F3N3OS/c1-25(19(27)18-13-28-14-24-18)12-16-6-9-26(10-7-16)8-5-15-3-2-4-17(11-15)20(21,22)23/h2-4,11,13-14,16H,5-10,12H2,1H3. The maximum atomic E-state index is 12.8. The molecule has 0 N–H and O–H groups in total. The van der Waals surface area contributed by atoms with Crippen LogP contribution in [0.5, 0.6) is 0 Å². The van der Waals surface area contributed by atoms with Gasteiger partial charge in [-0.05, 0) is 49.9 Å². The van der Waals surface area contributed by atoms with E-state index in [1.807, 2.05) is 7.05 Å². The molecule has 0 atom stereocenters. The highest BCUT2D eigenvalue weighted by Gasteiger charge is 2.30. The average Bonchev–Trinajstić information content (AvgIpc) is 3.21. The summed E-state index contributed by atoms with van der Waals surface area (Å²) in [5.74, 6) is 0.394. The topological polar surface area (TPSA) is 36.4 Å². The quantitative estimate of drug-likeness (QED) is 0.715. The molecule has 0 unspecified atom stereocenters. The van der Waals surface area contributed by atoms with Gasteiger partial charge in [0, 0.05) is 25.5 Å². The lowest BCUT2D eigenvalue weighted by Crippen LogP contribution is -2.40. The van der Waals surface area contributed by atoms with Crippen LogP contribution in [0.2, 0.25) is 0 Å². The third kappa shape index (κ3) is 5.54. The Labute approximate surface area is 167 Å². The molecule has 0 aliphatic carbocycles. The van der Waals surface area contributed by atoms with E-state index >= 15 is 0 Å². The van der Waals surface area contributed by atoms with Crippen LogP contribution in [0, 0.1) is 5.92 Å². The minimum Gasteiger partial charge on any atom is -0.340 e. The number of carbonyl (C=O) groups is 1. The van der Waals surface area contributed by atoms with Crippen LogP contribution >= 0.6 is 11.3 Å². The first-order valence-corrected chi connectivity index (χ1v) is 10.3. The number of benzene rings is 1. The van der Waals surface area contributed by atoms with E-state index in [2.05, 4.69) is 9.88 Å². The molecule has 1 fully saturated rings. The third-order valence-corrected chi connectivity index (χ3v) is 5.79. The van der Waals surface area contributed by atoms with Gasteiger partial charge in [0.05, 0.1) is 11.1 Å². The first kappa shape index (κ1) is 20.8. The van der Waals surface area contributed by atoms with Crippen molar-refractivity contribution < 1.29 is 18.0 Å². The summed E-state index contributed by atoms with van der Waals surface area (Å²) in [4.78, 5) is 20.4. The Balaban J connectivity index is 1.43. The zero-order valence-corrected chi connectivity index (χ0v) is 16.6. The van der Waals surface area contributed by atoms with Crippen molar-refractivity contribution in [1.82, 2.24) is 14.8 Å². The third-order valence-electron chi connectivity index (χ3n) is 5.21. The van der Waals surface area contributed by atoms with Crippen molar-refractivity contribution in [1.29, 1.82) is 0 Å². The molecule has 1 saturated heterocycles. The predicted octanol–water partition coefficient (Wildman–Crippen LogP) is 4.19. The van der Waals surface area contributed by atoms with Crippen molar-refractivity contribution >= 4 is 17.2 Å². The molecule has 4 nitrogen and oxygen atoms in total. The Morgan fingerprint density at radius 1 is 1.32 bits per heavy atom. The Morgan fingerprint density at radius 3 is 2.71 bits per heavy atom. The summed E-state index contributed by atoms with van der Waals surface area (Å²) in [6, 6.07) is 5.57. The van der Waals surface area contributed by atoms with Crippen molar-refractivity contribution in [2.45, 2.75) is 25.4 Å². The molecule has 0 bridgehead atoms. The highest BCUT2D eigenvalue weighted by Crippen LogP contribution is 2.29. The van der Waals surface area contributed by atoms with Crippen LogP contribution in [0.15, 0.2) is 35.2 Å². The molecule has 0 radical (unpaired) electrons. The molecule has 1 aromatic heterocycles. The molecule has 28 heavy (non-hydrogen) atoms. The number of hydrogen-bond acceptors (Lipinski definition) is 4. The van der Waals surface area contributed by atoms with Gasteiger partial charge in [0.25, 0.3) is 5.91 Å². The van der Waals surface area contributed by atoms with Gasteiger partial charge in [-0.25, -0.2) is 4.98 Å². The summed E-state index contributed by atoms with van der Waals surface area (Å²) in [6.07, 6.45) is -1.72. The summed E-state index contributed by atoms with van der Waals surface area (Å²) in [7, 11) is 1.81. The van der Waals surface area contributed by atoms with E-state index in [9.17, 15) is 18.0 Å². The number of halogens is 3. The molecule has 1 amide bonds. The lowest BCUT2D eigenvalue weighted by molar-refractivity contribution is -0.137. The van der Waals surface area contributed by atoms with Crippen molar-refractivity contribution in [2.75, 3.05) is 33.2 Å². The van der Waals surface area contributed by atoms with Crippen molar-refractivity contribution in [3.63, 3.8) is 0 Å². The number of alkyl halides is 3. The van der Waals surface area contributed by atoms with E-state index in [1.54, 1.807) is 21.9 Å². The van der Waals surface area contributed by atoms with Gasteiger partial charge in [-0.3, -0.25) is 4.79 Å². The number of hydrogen-bond donors (Lipinski definition) is 0. The van der Waals surface area contributed by atoms with Crippen LogP contribution in [-0.4, -0.2) is 53.9 Å². The number of carbonyl (C=O) groups excluding carboxylic acids is 1. The second-order valence-corrected chi connectivity index (χ2v) is 8.01. The molecule has 8 heteroatoms. The van der Waals surface area contributed by atoms with Crippen molar-refractivity contribution in [3.05, 3.63) is 52.0 Å². The highest BCUT2D eigenvalue weighted by atomic mass is 32.1. The fourth-order valence-electron chi connectivity index (χ4n) is 3.57. The van der Waals surface area contributed by atoms with Crippen molar-refractivity contribution in [2.24, 2.45) is 5.92 Å². The zero-order valence-electron chi connectivity index (χ0n) is 15.8. The summed E-state index contributed by atoms with van der Waals surface area (Å²) in [5.41, 5.74) is 2.28. The molecule has 3 rings (SSSR count). The molecule has 1 aromatic carbocycles. The number of amides is 1. The Morgan fingerprint density at radius 2 is 2.07 bits per heavy atom. The minimum absolute atomic E-state index is 0.0479. The maximum absolute atomic E-state index is 12.8. The normalized spacial score (nSPS) is 16.3. The molecule has 2 aromatic rings. The van der Waals surface area contributed by atoms with Crippen LogP contribution in [0.3, 0.4) is 0 Å². The molecule has 0 spiro atoms. The largest absolute Gasteiger partial charge is 0.416 e. The van der Waals surface area contributed by atoms with Gasteiger partial charge < -0.3 is 9.80 Å². The summed E-state index contributed by atoms with van der Waals surface area (Å²) >= 11 is 1.41. The number of rotatable bonds is 6. The summed E-state index contributed by atoms with van der Waals surface area (Å²) in [6.45, 7) is 3.27. The molecular formula is C20H24F3N3OS. The smallest absolute Gasteiger partial charge is 0.340 e. The lowest BCUT2D eigenvalue weighted by Gasteiger charge is -2.33. The van der Waals surface area contributed by atoms with Gasteiger partial charge in [-0.1, -0.05) is 18.2 Å². The van der Waals surface area contributed by atoms with Gasteiger partial charge in [0.2, 0.25) is 0 Å². The van der Waals surface area contributed by atoms with Crippen LogP contribution in [0.4, 0.5) is 13.2 Å². The molecule has 1 aliphatic rings. The summed E-state index contributed by atoms with van der Waals surface area (Å²) < 4.78 is 38.4. The van der Waals surface area contributed by atoms with E-state index < -0.39 is 11.7 Å². The fraction of sp³-hybridized carbons (Fsp3) is 0.500. The van der Waals surface area contributed by atoms with Gasteiger partial charge in [0.1, 0.15) is 5.69 Å². The number of thiazole rings is 1. The van der Waals surface area contributed by atoms with Gasteiger partial charge >= 0.3 is 6.18 Å². The first-order valence-electron chi connectivity index (χ1n) is 9.35. The average molecular weight is 411 g/mol. The monoisotopic (exact) mass is 411 g/mol. The van der Waals surface area contributed by atoms with Gasteiger partial charge in [-0.2, -0.15) is 13.2 Å². The lowest BCUT2D eigenvalue weighted by atomic mass is 9.95. The van der Waals surface area contributed by atoms with Crippen LogP contribution in [-0.2, 0) is 12.6 Å². The fourth-order valence-corrected chi connectivity index (χ4v) is 4.09. The first-order chi connectivity index (χ1) is 13.3. The number of nitrogens with zero attached hydrogens (tertiary/aromatic N) is 3. The Bertz CT molecular complexity index is 771. The van der Waals surface area contributed by atoms with E-state index in [-0.39, 0.29) is 5.91 Å². The number of aromatic nitrogens is 1. The van der Waals surface area contributed by atoms with E-state index in [4.69, 9.17) is 0 Å².